The molecule has 2 saturated heterocycles. The van der Waals surface area contributed by atoms with Gasteiger partial charge in [0.2, 0.25) is 0 Å². The summed E-state index contributed by atoms with van der Waals surface area (Å²) in [5.41, 5.74) is 10.4. The number of nitrogens with zero attached hydrogens (tertiary/aromatic N) is 5. The molecule has 2 bridgehead atoms. The van der Waals surface area contributed by atoms with Gasteiger partial charge in [-0.05, 0) is 44.2 Å². The molecule has 1 unspecified atom stereocenters. The molecule has 8 heteroatoms. The summed E-state index contributed by atoms with van der Waals surface area (Å²) in [6.07, 6.45) is 10.6. The van der Waals surface area contributed by atoms with Gasteiger partial charge in [-0.1, -0.05) is 17.7 Å². The summed E-state index contributed by atoms with van der Waals surface area (Å²) >= 11 is 6.74. The standard InChI is InChI=1S/C22H24ClN7/c1-29-11-17-18(28-29)5-4-15(20(17)23)16-9-26-22-21(16)25-10-19(27-22)30-13-2-3-14(30)7-12(6-13)8-24/h4-5,9-14H,2-3,6-8,24H2,1H3,(H,26,27)/t12?,13-,14+. The fraction of sp³-hybridized carbons (Fsp3) is 0.409. The van der Waals surface area contributed by atoms with Crippen molar-refractivity contribution in [1.82, 2.24) is 24.7 Å². The zero-order chi connectivity index (χ0) is 20.4. The van der Waals surface area contributed by atoms with Gasteiger partial charge in [0, 0.05) is 48.0 Å². The van der Waals surface area contributed by atoms with Gasteiger partial charge in [-0.25, -0.2) is 9.97 Å². The number of aromatic nitrogens is 5. The minimum atomic E-state index is 0.529. The third-order valence-electron chi connectivity index (χ3n) is 6.83. The Balaban J connectivity index is 1.39. The van der Waals surface area contributed by atoms with Gasteiger partial charge in [0.15, 0.2) is 5.65 Å². The van der Waals surface area contributed by atoms with Crippen LogP contribution in [0, 0.1) is 5.92 Å². The Labute approximate surface area is 179 Å². The molecule has 30 heavy (non-hydrogen) atoms. The van der Waals surface area contributed by atoms with E-state index in [4.69, 9.17) is 27.3 Å². The number of rotatable bonds is 3. The first-order chi connectivity index (χ1) is 14.6. The van der Waals surface area contributed by atoms with Gasteiger partial charge in [-0.2, -0.15) is 5.10 Å². The number of nitrogens with two attached hydrogens (primary N) is 1. The highest BCUT2D eigenvalue weighted by Crippen LogP contribution is 2.42. The zero-order valence-corrected chi connectivity index (χ0v) is 17.6. The number of aryl methyl sites for hydroxylation is 1. The van der Waals surface area contributed by atoms with Crippen molar-refractivity contribution in [3.63, 3.8) is 0 Å². The summed E-state index contributed by atoms with van der Waals surface area (Å²) in [6.45, 7) is 0.785. The van der Waals surface area contributed by atoms with Crippen LogP contribution in [0.4, 0.5) is 5.82 Å². The SMILES string of the molecule is Cn1cc2c(Cl)c(-c3c[nH]c4nc(N5[C@@H]6CC[C@H]5CC(CN)C6)cnc34)ccc2n1. The molecule has 3 atom stereocenters. The number of anilines is 1. The molecule has 3 aromatic heterocycles. The highest BCUT2D eigenvalue weighted by molar-refractivity contribution is 6.38. The first-order valence-corrected chi connectivity index (χ1v) is 10.9. The molecule has 0 radical (unpaired) electrons. The van der Waals surface area contributed by atoms with E-state index < -0.39 is 0 Å². The molecule has 0 saturated carbocycles. The normalized spacial score (nSPS) is 23.7. The van der Waals surface area contributed by atoms with Gasteiger partial charge in [-0.3, -0.25) is 4.68 Å². The van der Waals surface area contributed by atoms with Gasteiger partial charge in [0.25, 0.3) is 0 Å². The Morgan fingerprint density at radius 2 is 2.00 bits per heavy atom. The fourth-order valence-electron chi connectivity index (χ4n) is 5.46. The van der Waals surface area contributed by atoms with Crippen LogP contribution < -0.4 is 10.6 Å². The summed E-state index contributed by atoms with van der Waals surface area (Å²) < 4.78 is 1.78. The van der Waals surface area contributed by atoms with Gasteiger partial charge in [0.05, 0.1) is 16.7 Å². The quantitative estimate of drug-likeness (QED) is 0.524. The lowest BCUT2D eigenvalue weighted by Crippen LogP contribution is -2.45. The second-order valence-electron chi connectivity index (χ2n) is 8.66. The number of aromatic amines is 1. The highest BCUT2D eigenvalue weighted by atomic mass is 35.5. The zero-order valence-electron chi connectivity index (χ0n) is 16.8. The summed E-state index contributed by atoms with van der Waals surface area (Å²) in [4.78, 5) is 15.6. The van der Waals surface area contributed by atoms with Crippen LogP contribution in [0.3, 0.4) is 0 Å². The molecular formula is C22H24ClN7. The first-order valence-electron chi connectivity index (χ1n) is 10.6. The molecule has 6 rings (SSSR count). The average Bonchev–Trinajstić information content (AvgIpc) is 3.41. The van der Waals surface area contributed by atoms with Crippen molar-refractivity contribution in [3.05, 3.63) is 35.7 Å². The second-order valence-corrected chi connectivity index (χ2v) is 9.03. The van der Waals surface area contributed by atoms with Crippen LogP contribution in [0.1, 0.15) is 25.7 Å². The number of benzene rings is 1. The Morgan fingerprint density at radius 3 is 2.77 bits per heavy atom. The van der Waals surface area contributed by atoms with Crippen LogP contribution in [0.25, 0.3) is 33.2 Å². The molecule has 3 N–H and O–H groups in total. The minimum absolute atomic E-state index is 0.529. The van der Waals surface area contributed by atoms with Gasteiger partial charge >= 0.3 is 0 Å². The molecule has 2 aliphatic rings. The first kappa shape index (κ1) is 18.2. The Hall–Kier alpha value is -2.64. The van der Waals surface area contributed by atoms with Crippen molar-refractivity contribution in [3.8, 4) is 11.1 Å². The maximum Gasteiger partial charge on any atom is 0.159 e. The van der Waals surface area contributed by atoms with Crippen molar-refractivity contribution in [2.24, 2.45) is 18.7 Å². The van der Waals surface area contributed by atoms with Crippen LogP contribution in [-0.2, 0) is 7.05 Å². The topological polar surface area (TPSA) is 88.7 Å². The average molecular weight is 422 g/mol. The third kappa shape index (κ3) is 2.65. The Morgan fingerprint density at radius 1 is 1.20 bits per heavy atom. The van der Waals surface area contributed by atoms with Crippen molar-refractivity contribution < 1.29 is 0 Å². The number of piperidine rings is 1. The van der Waals surface area contributed by atoms with E-state index in [9.17, 15) is 0 Å². The van der Waals surface area contributed by atoms with Crippen LogP contribution in [-0.4, -0.2) is 43.4 Å². The number of fused-ring (bicyclic) bond motifs is 4. The lowest BCUT2D eigenvalue weighted by Gasteiger charge is -2.39. The van der Waals surface area contributed by atoms with E-state index in [-0.39, 0.29) is 0 Å². The van der Waals surface area contributed by atoms with E-state index in [1.165, 1.54) is 12.8 Å². The predicted molar refractivity (Wildman–Crippen MR) is 120 cm³/mol. The van der Waals surface area contributed by atoms with Gasteiger partial charge < -0.3 is 15.6 Å². The van der Waals surface area contributed by atoms with Crippen LogP contribution in [0.15, 0.2) is 30.7 Å². The summed E-state index contributed by atoms with van der Waals surface area (Å²) in [6, 6.07) is 5.06. The van der Waals surface area contributed by atoms with E-state index in [0.717, 1.165) is 58.4 Å². The Bertz CT molecular complexity index is 1250. The molecule has 4 aromatic rings. The van der Waals surface area contributed by atoms with Crippen molar-refractivity contribution in [2.75, 3.05) is 11.4 Å². The van der Waals surface area contributed by atoms with Crippen molar-refractivity contribution >= 4 is 39.5 Å². The number of halogens is 1. The summed E-state index contributed by atoms with van der Waals surface area (Å²) in [7, 11) is 1.90. The molecule has 0 spiro atoms. The maximum absolute atomic E-state index is 6.74. The molecule has 7 nitrogen and oxygen atoms in total. The van der Waals surface area contributed by atoms with E-state index >= 15 is 0 Å². The monoisotopic (exact) mass is 421 g/mol. The Kier molecular flexibility index (Phi) is 4.05. The second kappa shape index (κ2) is 6.68. The molecule has 2 fully saturated rings. The highest BCUT2D eigenvalue weighted by Gasteiger charge is 2.41. The number of H-pyrrole nitrogens is 1. The molecule has 154 valence electrons. The summed E-state index contributed by atoms with van der Waals surface area (Å²) in [5.74, 6) is 1.60. The van der Waals surface area contributed by atoms with E-state index in [0.29, 0.717) is 23.0 Å². The van der Waals surface area contributed by atoms with Crippen LogP contribution >= 0.6 is 11.6 Å². The summed E-state index contributed by atoms with van der Waals surface area (Å²) in [5, 5.41) is 6.07. The fourth-order valence-corrected chi connectivity index (χ4v) is 5.77. The van der Waals surface area contributed by atoms with Crippen molar-refractivity contribution in [1.29, 1.82) is 0 Å². The van der Waals surface area contributed by atoms with E-state index in [2.05, 4.69) is 15.0 Å². The molecule has 1 aromatic carbocycles. The van der Waals surface area contributed by atoms with E-state index in [1.54, 1.807) is 4.68 Å². The number of nitrogens with one attached hydrogen (secondary N) is 1. The molecule has 2 aliphatic heterocycles. The molecule has 0 amide bonds. The maximum atomic E-state index is 6.74. The van der Waals surface area contributed by atoms with Crippen LogP contribution in [0.5, 0.6) is 0 Å². The smallest absolute Gasteiger partial charge is 0.159 e. The van der Waals surface area contributed by atoms with Gasteiger partial charge in [0.1, 0.15) is 11.3 Å². The third-order valence-corrected chi connectivity index (χ3v) is 7.23. The van der Waals surface area contributed by atoms with Gasteiger partial charge in [-0.15, -0.1) is 0 Å². The number of hydrogen-bond donors (Lipinski definition) is 2. The lowest BCUT2D eigenvalue weighted by molar-refractivity contribution is 0.345. The van der Waals surface area contributed by atoms with Crippen LogP contribution in [0.2, 0.25) is 5.02 Å². The van der Waals surface area contributed by atoms with E-state index in [1.807, 2.05) is 37.8 Å². The molecular weight excluding hydrogens is 398 g/mol. The molecule has 5 heterocycles. The van der Waals surface area contributed by atoms with Crippen molar-refractivity contribution in [2.45, 2.75) is 37.8 Å². The molecule has 0 aliphatic carbocycles. The minimum Gasteiger partial charge on any atom is -0.349 e. The largest absolute Gasteiger partial charge is 0.349 e. The number of hydrogen-bond acceptors (Lipinski definition) is 5. The lowest BCUT2D eigenvalue weighted by atomic mass is 9.91. The predicted octanol–water partition coefficient (Wildman–Crippen LogP) is 3.87.